The number of aromatic nitrogens is 1. The van der Waals surface area contributed by atoms with E-state index in [2.05, 4.69) is 10.3 Å². The summed E-state index contributed by atoms with van der Waals surface area (Å²) in [6, 6.07) is 11.3. The van der Waals surface area contributed by atoms with E-state index in [0.717, 1.165) is 23.2 Å². The zero-order valence-corrected chi connectivity index (χ0v) is 19.6. The third kappa shape index (κ3) is 5.10. The van der Waals surface area contributed by atoms with E-state index in [1.165, 1.54) is 6.07 Å². The Balaban J connectivity index is 1.40. The maximum atomic E-state index is 14.7. The van der Waals surface area contributed by atoms with Gasteiger partial charge in [-0.15, -0.1) is 0 Å². The minimum absolute atomic E-state index is 0.00173. The number of carbonyl (C=O) groups excluding carboxylic acids is 1. The van der Waals surface area contributed by atoms with Crippen LogP contribution in [0.1, 0.15) is 55.5 Å². The molecular weight excluding hydrogens is 473 g/mol. The van der Waals surface area contributed by atoms with Crippen molar-refractivity contribution in [1.82, 2.24) is 10.3 Å². The van der Waals surface area contributed by atoms with Gasteiger partial charge in [0.1, 0.15) is 5.75 Å². The molecule has 0 saturated carbocycles. The van der Waals surface area contributed by atoms with Crippen LogP contribution in [0.15, 0.2) is 54.7 Å². The highest BCUT2D eigenvalue weighted by atomic mass is 19.3. The molecule has 36 heavy (non-hydrogen) atoms. The molecule has 2 aromatic carbocycles. The van der Waals surface area contributed by atoms with Crippen LogP contribution in [0, 0.1) is 0 Å². The van der Waals surface area contributed by atoms with Gasteiger partial charge in [-0.25, -0.2) is 0 Å². The van der Waals surface area contributed by atoms with Crippen LogP contribution in [0.25, 0.3) is 11.1 Å². The summed E-state index contributed by atoms with van der Waals surface area (Å²) < 4.78 is 56.4. The highest BCUT2D eigenvalue weighted by molar-refractivity contribution is 5.78. The number of fused-ring (bicyclic) bond motifs is 1. The average molecular weight is 499 g/mol. The van der Waals surface area contributed by atoms with Gasteiger partial charge in [0.25, 0.3) is 0 Å². The SMILES string of the molecule is CCCC1(F)Oc2ccc(-c3cc(Cc4ccc(C5CCC(=O)N5)nc4)ccc3OC(F)F)cc2O1. The number of carbonyl (C=O) groups is 1. The summed E-state index contributed by atoms with van der Waals surface area (Å²) in [5.74, 6) is 0.483. The minimum atomic E-state index is -3.00. The van der Waals surface area contributed by atoms with Crippen molar-refractivity contribution in [1.29, 1.82) is 0 Å². The molecule has 3 aromatic rings. The molecule has 5 rings (SSSR count). The van der Waals surface area contributed by atoms with Crippen LogP contribution >= 0.6 is 0 Å². The van der Waals surface area contributed by atoms with Gasteiger partial charge in [0.15, 0.2) is 11.5 Å². The van der Waals surface area contributed by atoms with Crippen molar-refractivity contribution in [3.05, 3.63) is 71.5 Å². The number of hydrogen-bond acceptors (Lipinski definition) is 5. The van der Waals surface area contributed by atoms with Crippen LogP contribution in [0.4, 0.5) is 13.2 Å². The van der Waals surface area contributed by atoms with E-state index < -0.39 is 12.7 Å². The second kappa shape index (κ2) is 9.72. The Morgan fingerprint density at radius 2 is 1.92 bits per heavy atom. The van der Waals surface area contributed by atoms with Gasteiger partial charge in [-0.05, 0) is 66.3 Å². The van der Waals surface area contributed by atoms with Crippen LogP contribution in [0.3, 0.4) is 0 Å². The van der Waals surface area contributed by atoms with Gasteiger partial charge >= 0.3 is 12.7 Å². The highest BCUT2D eigenvalue weighted by Crippen LogP contribution is 2.45. The summed E-state index contributed by atoms with van der Waals surface area (Å²) in [5, 5.41) is 2.90. The summed E-state index contributed by atoms with van der Waals surface area (Å²) in [6.07, 6.45) is 4.05. The number of ether oxygens (including phenoxy) is 3. The van der Waals surface area contributed by atoms with Gasteiger partial charge in [-0.1, -0.05) is 25.1 Å². The first-order chi connectivity index (χ1) is 17.3. The first kappa shape index (κ1) is 24.0. The Labute approximate surface area is 206 Å². The molecule has 2 atom stereocenters. The first-order valence-electron chi connectivity index (χ1n) is 11.9. The quantitative estimate of drug-likeness (QED) is 0.407. The maximum Gasteiger partial charge on any atom is 0.407 e. The number of nitrogens with one attached hydrogen (secondary N) is 1. The summed E-state index contributed by atoms with van der Waals surface area (Å²) in [4.78, 5) is 16.0. The van der Waals surface area contributed by atoms with E-state index in [0.29, 0.717) is 30.4 Å². The number of halogens is 3. The van der Waals surface area contributed by atoms with Crippen molar-refractivity contribution in [2.45, 2.75) is 57.7 Å². The fourth-order valence-electron chi connectivity index (χ4n) is 4.52. The molecule has 0 radical (unpaired) electrons. The largest absolute Gasteiger partial charge is 0.434 e. The Morgan fingerprint density at radius 1 is 1.11 bits per heavy atom. The van der Waals surface area contributed by atoms with Gasteiger partial charge in [-0.3, -0.25) is 9.78 Å². The summed E-state index contributed by atoms with van der Waals surface area (Å²) in [6.45, 7) is -1.18. The lowest BCUT2D eigenvalue weighted by Crippen LogP contribution is -2.32. The Hall–Kier alpha value is -3.75. The molecular formula is C27H25F3N2O4. The number of benzene rings is 2. The third-order valence-electron chi connectivity index (χ3n) is 6.20. The molecule has 9 heteroatoms. The molecule has 2 unspecified atom stereocenters. The van der Waals surface area contributed by atoms with Crippen LogP contribution in [0.5, 0.6) is 17.2 Å². The minimum Gasteiger partial charge on any atom is -0.434 e. The molecule has 188 valence electrons. The second-order valence-electron chi connectivity index (χ2n) is 8.91. The number of nitrogens with zero attached hydrogens (tertiary/aromatic N) is 1. The van der Waals surface area contributed by atoms with Gasteiger partial charge in [0, 0.05) is 18.2 Å². The molecule has 0 spiro atoms. The molecule has 1 aromatic heterocycles. The molecule has 1 fully saturated rings. The van der Waals surface area contributed by atoms with Crippen LogP contribution in [-0.2, 0) is 11.2 Å². The topological polar surface area (TPSA) is 69.7 Å². The van der Waals surface area contributed by atoms with Crippen molar-refractivity contribution in [2.24, 2.45) is 0 Å². The molecule has 1 amide bonds. The van der Waals surface area contributed by atoms with E-state index in [1.807, 2.05) is 19.1 Å². The molecule has 3 heterocycles. The zero-order valence-electron chi connectivity index (χ0n) is 19.6. The fourth-order valence-corrected chi connectivity index (χ4v) is 4.52. The fraction of sp³-hybridized carbons (Fsp3) is 0.333. The maximum absolute atomic E-state index is 14.7. The number of hydrogen-bond donors (Lipinski definition) is 1. The lowest BCUT2D eigenvalue weighted by atomic mass is 9.98. The Morgan fingerprint density at radius 3 is 2.61 bits per heavy atom. The third-order valence-corrected chi connectivity index (χ3v) is 6.20. The standard InChI is InChI=1S/C27H25F3N2O4/c1-2-11-27(30)35-23-9-5-18(14-24(23)36-27)19-13-16(4-8-22(19)34-26(28)29)12-17-3-6-20(31-15-17)21-7-10-25(33)32-21/h3-6,8-9,13-15,21,26H,2,7,10-12H2,1H3,(H,32,33). The molecule has 2 aliphatic rings. The van der Waals surface area contributed by atoms with E-state index in [9.17, 15) is 18.0 Å². The summed E-state index contributed by atoms with van der Waals surface area (Å²) >= 11 is 0. The predicted octanol–water partition coefficient (Wildman–Crippen LogP) is 6.09. The molecule has 1 saturated heterocycles. The molecule has 2 aliphatic heterocycles. The van der Waals surface area contributed by atoms with Crippen molar-refractivity contribution in [3.8, 4) is 28.4 Å². The van der Waals surface area contributed by atoms with Crippen LogP contribution in [-0.4, -0.2) is 23.5 Å². The Kier molecular flexibility index (Phi) is 6.47. The first-order valence-corrected chi connectivity index (χ1v) is 11.9. The average Bonchev–Trinajstić information content (AvgIpc) is 3.42. The number of alkyl halides is 3. The Bertz CT molecular complexity index is 1270. The highest BCUT2D eigenvalue weighted by Gasteiger charge is 2.41. The molecule has 0 bridgehead atoms. The smallest absolute Gasteiger partial charge is 0.407 e. The predicted molar refractivity (Wildman–Crippen MR) is 126 cm³/mol. The van der Waals surface area contributed by atoms with Crippen molar-refractivity contribution in [3.63, 3.8) is 0 Å². The van der Waals surface area contributed by atoms with Gasteiger partial charge in [0.2, 0.25) is 5.91 Å². The monoisotopic (exact) mass is 498 g/mol. The summed E-state index contributed by atoms with van der Waals surface area (Å²) in [5.41, 5.74) is 3.52. The van der Waals surface area contributed by atoms with Crippen molar-refractivity contribution >= 4 is 5.91 Å². The number of pyridine rings is 1. The second-order valence-corrected chi connectivity index (χ2v) is 8.91. The molecule has 0 aliphatic carbocycles. The van der Waals surface area contributed by atoms with Gasteiger partial charge in [-0.2, -0.15) is 13.2 Å². The van der Waals surface area contributed by atoms with E-state index in [1.54, 1.807) is 36.5 Å². The van der Waals surface area contributed by atoms with E-state index in [-0.39, 0.29) is 35.6 Å². The van der Waals surface area contributed by atoms with E-state index in [4.69, 9.17) is 14.2 Å². The van der Waals surface area contributed by atoms with Crippen LogP contribution < -0.4 is 19.5 Å². The van der Waals surface area contributed by atoms with Crippen molar-refractivity contribution < 1.29 is 32.2 Å². The van der Waals surface area contributed by atoms with Gasteiger partial charge in [0.05, 0.1) is 18.2 Å². The van der Waals surface area contributed by atoms with Gasteiger partial charge < -0.3 is 19.5 Å². The van der Waals surface area contributed by atoms with Crippen LogP contribution in [0.2, 0.25) is 0 Å². The lowest BCUT2D eigenvalue weighted by molar-refractivity contribution is -0.194. The molecule has 6 nitrogen and oxygen atoms in total. The summed E-state index contributed by atoms with van der Waals surface area (Å²) in [7, 11) is 0. The molecule has 1 N–H and O–H groups in total. The number of rotatable bonds is 8. The normalized spacial score (nSPS) is 20.6. The number of amides is 1. The van der Waals surface area contributed by atoms with E-state index >= 15 is 0 Å². The lowest BCUT2D eigenvalue weighted by Gasteiger charge is -2.16. The zero-order chi connectivity index (χ0) is 25.3. The van der Waals surface area contributed by atoms with Crippen molar-refractivity contribution in [2.75, 3.05) is 0 Å².